The molecule has 0 aliphatic carbocycles. The van der Waals surface area contributed by atoms with Crippen molar-refractivity contribution >= 4 is 27.3 Å². The molecule has 0 aliphatic heterocycles. The lowest BCUT2D eigenvalue weighted by atomic mass is 10.3. The molecule has 0 fully saturated rings. The molecule has 0 aromatic carbocycles. The van der Waals surface area contributed by atoms with Gasteiger partial charge < -0.3 is 4.74 Å². The highest BCUT2D eigenvalue weighted by molar-refractivity contribution is 9.09. The Morgan fingerprint density at radius 3 is 2.60 bits per heavy atom. The lowest BCUT2D eigenvalue weighted by molar-refractivity contribution is -0.173. The molecule has 0 bridgehead atoms. The summed E-state index contributed by atoms with van der Waals surface area (Å²) in [6, 6.07) is 3.81. The average Bonchev–Trinajstić information content (AvgIpc) is 2.49. The normalized spacial score (nSPS) is 14.2. The van der Waals surface area contributed by atoms with Crippen LogP contribution in [0.4, 0.5) is 13.2 Å². The van der Waals surface area contributed by atoms with Gasteiger partial charge in [-0.1, -0.05) is 15.9 Å². The van der Waals surface area contributed by atoms with Crippen molar-refractivity contribution < 1.29 is 17.9 Å². The minimum atomic E-state index is -4.25. The summed E-state index contributed by atoms with van der Waals surface area (Å²) < 4.78 is 39.9. The van der Waals surface area contributed by atoms with E-state index in [-0.39, 0.29) is 11.4 Å². The molecule has 1 atom stereocenters. The van der Waals surface area contributed by atoms with E-state index in [1.165, 1.54) is 0 Å². The topological polar surface area (TPSA) is 9.23 Å². The van der Waals surface area contributed by atoms with Crippen molar-refractivity contribution in [2.45, 2.75) is 17.9 Å². The first-order chi connectivity index (χ1) is 6.88. The van der Waals surface area contributed by atoms with Gasteiger partial charge in [0.05, 0.1) is 11.4 Å². The molecule has 1 aromatic heterocycles. The lowest BCUT2D eigenvalue weighted by Gasteiger charge is -2.10. The van der Waals surface area contributed by atoms with Crippen molar-refractivity contribution in [3.63, 3.8) is 0 Å². The summed E-state index contributed by atoms with van der Waals surface area (Å²) in [5, 5.41) is 0. The number of thiophene rings is 1. The van der Waals surface area contributed by atoms with Crippen LogP contribution in [0.2, 0.25) is 0 Å². The van der Waals surface area contributed by atoms with Gasteiger partial charge in [-0.3, -0.25) is 0 Å². The molecule has 1 rings (SSSR count). The van der Waals surface area contributed by atoms with Gasteiger partial charge in [-0.2, -0.15) is 13.2 Å². The van der Waals surface area contributed by atoms with Gasteiger partial charge in [0.1, 0.15) is 6.61 Å². The zero-order chi connectivity index (χ0) is 11.5. The van der Waals surface area contributed by atoms with Gasteiger partial charge in [0.15, 0.2) is 0 Å². The maximum absolute atomic E-state index is 11.8. The Kier molecular flexibility index (Phi) is 4.61. The van der Waals surface area contributed by atoms with Crippen molar-refractivity contribution in [1.29, 1.82) is 0 Å². The number of hydrogen-bond donors (Lipinski definition) is 0. The third-order valence-corrected chi connectivity index (χ3v) is 3.77. The summed E-state index contributed by atoms with van der Waals surface area (Å²) in [5.74, 6) is 0. The first-order valence-electron chi connectivity index (χ1n) is 4.23. The van der Waals surface area contributed by atoms with E-state index in [4.69, 9.17) is 0 Å². The molecular weight excluding hydrogens is 293 g/mol. The molecule has 1 aromatic rings. The molecule has 1 nitrogen and oxygen atoms in total. The van der Waals surface area contributed by atoms with E-state index in [0.717, 1.165) is 9.75 Å². The van der Waals surface area contributed by atoms with E-state index in [9.17, 15) is 13.2 Å². The van der Waals surface area contributed by atoms with Gasteiger partial charge in [0.25, 0.3) is 0 Å². The fraction of sp³-hybridized carbons (Fsp3) is 0.556. The highest BCUT2D eigenvalue weighted by atomic mass is 79.9. The summed E-state index contributed by atoms with van der Waals surface area (Å²) in [4.78, 5) is 1.94. The van der Waals surface area contributed by atoms with Gasteiger partial charge in [-0.05, 0) is 19.1 Å². The Morgan fingerprint density at radius 1 is 1.47 bits per heavy atom. The third kappa shape index (κ3) is 4.99. The Labute approximate surface area is 98.4 Å². The van der Waals surface area contributed by atoms with Gasteiger partial charge in [0.2, 0.25) is 0 Å². The quantitative estimate of drug-likeness (QED) is 0.762. The van der Waals surface area contributed by atoms with Crippen LogP contribution >= 0.6 is 27.3 Å². The molecular formula is C9H10BrF3OS. The van der Waals surface area contributed by atoms with Crippen LogP contribution in [0, 0.1) is 6.92 Å². The molecule has 0 radical (unpaired) electrons. The van der Waals surface area contributed by atoms with E-state index in [0.29, 0.717) is 0 Å². The van der Waals surface area contributed by atoms with Gasteiger partial charge in [0, 0.05) is 9.75 Å². The number of alkyl halides is 4. The fourth-order valence-corrected chi connectivity index (χ4v) is 2.44. The molecule has 86 valence electrons. The number of hydrogen-bond acceptors (Lipinski definition) is 2. The highest BCUT2D eigenvalue weighted by Crippen LogP contribution is 2.29. The first kappa shape index (κ1) is 13.0. The van der Waals surface area contributed by atoms with Gasteiger partial charge in [-0.25, -0.2) is 0 Å². The largest absolute Gasteiger partial charge is 0.411 e. The number of ether oxygens (including phenoxy) is 1. The molecule has 15 heavy (non-hydrogen) atoms. The first-order valence-corrected chi connectivity index (χ1v) is 5.96. The van der Waals surface area contributed by atoms with Gasteiger partial charge in [-0.15, -0.1) is 11.3 Å². The molecule has 0 spiro atoms. The van der Waals surface area contributed by atoms with Crippen molar-refractivity contribution in [3.8, 4) is 0 Å². The van der Waals surface area contributed by atoms with E-state index in [1.54, 1.807) is 11.3 Å². The SMILES string of the molecule is Cc1ccc(C(Br)COCC(F)(F)F)s1. The van der Waals surface area contributed by atoms with Crippen molar-refractivity contribution in [2.24, 2.45) is 0 Å². The van der Waals surface area contributed by atoms with Crippen LogP contribution < -0.4 is 0 Å². The molecule has 1 unspecified atom stereocenters. The number of aryl methyl sites for hydroxylation is 1. The summed E-state index contributed by atoms with van der Waals surface area (Å²) in [5.41, 5.74) is 0. The van der Waals surface area contributed by atoms with E-state index >= 15 is 0 Å². The summed E-state index contributed by atoms with van der Waals surface area (Å²) >= 11 is 4.83. The highest BCUT2D eigenvalue weighted by Gasteiger charge is 2.27. The maximum atomic E-state index is 11.8. The van der Waals surface area contributed by atoms with Gasteiger partial charge >= 0.3 is 6.18 Å². The second-order valence-electron chi connectivity index (χ2n) is 3.05. The monoisotopic (exact) mass is 302 g/mol. The predicted molar refractivity (Wildman–Crippen MR) is 57.6 cm³/mol. The van der Waals surface area contributed by atoms with E-state index in [1.807, 2.05) is 19.1 Å². The maximum Gasteiger partial charge on any atom is 0.411 e. The molecule has 0 saturated heterocycles. The lowest BCUT2D eigenvalue weighted by Crippen LogP contribution is -2.18. The van der Waals surface area contributed by atoms with Crippen LogP contribution in [0.5, 0.6) is 0 Å². The Balaban J connectivity index is 2.34. The minimum Gasteiger partial charge on any atom is -0.370 e. The van der Waals surface area contributed by atoms with Crippen LogP contribution in [0.25, 0.3) is 0 Å². The fourth-order valence-electron chi connectivity index (χ4n) is 0.982. The standard InChI is InChI=1S/C9H10BrF3OS/c1-6-2-3-8(15-6)7(10)4-14-5-9(11,12)13/h2-3,7H,4-5H2,1H3. The van der Waals surface area contributed by atoms with Crippen LogP contribution in [0.3, 0.4) is 0 Å². The Morgan fingerprint density at radius 2 is 2.13 bits per heavy atom. The Bertz CT molecular complexity index is 311. The summed E-state index contributed by atoms with van der Waals surface area (Å²) in [7, 11) is 0. The number of halogens is 4. The van der Waals surface area contributed by atoms with Crippen molar-refractivity contribution in [3.05, 3.63) is 21.9 Å². The molecule has 6 heteroatoms. The predicted octanol–water partition coefficient (Wildman–Crippen LogP) is 4.07. The molecule has 0 amide bonds. The third-order valence-electron chi connectivity index (χ3n) is 1.60. The van der Waals surface area contributed by atoms with Crippen LogP contribution in [0.1, 0.15) is 14.6 Å². The van der Waals surface area contributed by atoms with Crippen molar-refractivity contribution in [2.75, 3.05) is 13.2 Å². The zero-order valence-corrected chi connectivity index (χ0v) is 10.4. The number of rotatable bonds is 4. The molecule has 0 aliphatic rings. The molecule has 1 heterocycles. The molecule has 0 saturated carbocycles. The Hall–Kier alpha value is -0.0700. The van der Waals surface area contributed by atoms with E-state index in [2.05, 4.69) is 20.7 Å². The average molecular weight is 303 g/mol. The molecule has 0 N–H and O–H groups in total. The summed E-state index contributed by atoms with van der Waals surface area (Å²) in [6.07, 6.45) is -4.25. The van der Waals surface area contributed by atoms with Crippen molar-refractivity contribution in [1.82, 2.24) is 0 Å². The van der Waals surface area contributed by atoms with Crippen LogP contribution in [-0.4, -0.2) is 19.4 Å². The van der Waals surface area contributed by atoms with E-state index < -0.39 is 12.8 Å². The summed E-state index contributed by atoms with van der Waals surface area (Å²) in [6.45, 7) is 0.781. The zero-order valence-electron chi connectivity index (χ0n) is 7.97. The van der Waals surface area contributed by atoms with Crippen LogP contribution in [-0.2, 0) is 4.74 Å². The van der Waals surface area contributed by atoms with Crippen LogP contribution in [0.15, 0.2) is 12.1 Å². The minimum absolute atomic E-state index is 0.0272. The second kappa shape index (κ2) is 5.32. The smallest absolute Gasteiger partial charge is 0.370 e. The second-order valence-corrected chi connectivity index (χ2v) is 5.47.